The van der Waals surface area contributed by atoms with E-state index in [1.807, 2.05) is 16.8 Å². The van der Waals surface area contributed by atoms with E-state index in [2.05, 4.69) is 0 Å². The fraction of sp³-hybridized carbons (Fsp3) is 0.118. The second kappa shape index (κ2) is 6.75. The van der Waals surface area contributed by atoms with Crippen molar-refractivity contribution in [3.05, 3.63) is 81.9 Å². The molecule has 1 aromatic carbocycles. The Morgan fingerprint density at radius 1 is 1.09 bits per heavy atom. The summed E-state index contributed by atoms with van der Waals surface area (Å²) in [5.74, 6) is -1.90. The predicted octanol–water partition coefficient (Wildman–Crippen LogP) is 4.46. The van der Waals surface area contributed by atoms with Gasteiger partial charge in [-0.1, -0.05) is 6.07 Å². The van der Waals surface area contributed by atoms with Crippen molar-refractivity contribution < 1.29 is 18.0 Å². The topological polar surface area (TPSA) is 33.5 Å². The first-order valence-corrected chi connectivity index (χ1v) is 7.86. The van der Waals surface area contributed by atoms with Gasteiger partial charge in [0.1, 0.15) is 23.0 Å². The first kappa shape index (κ1) is 15.4. The predicted molar refractivity (Wildman–Crippen MR) is 83.0 cm³/mol. The Bertz CT molecular complexity index is 729. The van der Waals surface area contributed by atoms with E-state index in [-0.39, 0.29) is 13.1 Å². The summed E-state index contributed by atoms with van der Waals surface area (Å²) < 4.78 is 33.1. The molecule has 3 aromatic rings. The van der Waals surface area contributed by atoms with Gasteiger partial charge in [0, 0.05) is 6.54 Å². The molecule has 0 fully saturated rings. The molecule has 0 aliphatic carbocycles. The Labute approximate surface area is 135 Å². The van der Waals surface area contributed by atoms with Crippen LogP contribution in [0, 0.1) is 11.6 Å². The maximum absolute atomic E-state index is 13.9. The number of hydrogen-bond acceptors (Lipinski definition) is 3. The Hall–Kier alpha value is -2.47. The van der Waals surface area contributed by atoms with E-state index in [4.69, 9.17) is 4.42 Å². The zero-order chi connectivity index (χ0) is 16.2. The van der Waals surface area contributed by atoms with Crippen LogP contribution < -0.4 is 0 Å². The molecule has 0 N–H and O–H groups in total. The zero-order valence-corrected chi connectivity index (χ0v) is 12.9. The van der Waals surface area contributed by atoms with Crippen molar-refractivity contribution in [3.63, 3.8) is 0 Å². The number of benzene rings is 1. The average molecular weight is 333 g/mol. The highest BCUT2D eigenvalue weighted by Crippen LogP contribution is 2.19. The number of hydrogen-bond donors (Lipinski definition) is 0. The van der Waals surface area contributed by atoms with Gasteiger partial charge < -0.3 is 9.32 Å². The van der Waals surface area contributed by atoms with Gasteiger partial charge in [-0.05, 0) is 46.7 Å². The van der Waals surface area contributed by atoms with Gasteiger partial charge in [0.25, 0.3) is 5.91 Å². The van der Waals surface area contributed by atoms with Gasteiger partial charge >= 0.3 is 0 Å². The summed E-state index contributed by atoms with van der Waals surface area (Å²) in [5.41, 5.74) is 0.348. The van der Waals surface area contributed by atoms with E-state index in [0.717, 1.165) is 17.7 Å². The molecule has 0 radical (unpaired) electrons. The third kappa shape index (κ3) is 3.48. The quantitative estimate of drug-likeness (QED) is 0.690. The van der Waals surface area contributed by atoms with E-state index in [1.165, 1.54) is 28.6 Å². The van der Waals surface area contributed by atoms with E-state index in [9.17, 15) is 13.6 Å². The van der Waals surface area contributed by atoms with E-state index < -0.39 is 23.1 Å². The van der Waals surface area contributed by atoms with E-state index in [1.54, 1.807) is 12.1 Å². The van der Waals surface area contributed by atoms with Crippen LogP contribution >= 0.6 is 11.3 Å². The maximum atomic E-state index is 13.9. The highest BCUT2D eigenvalue weighted by atomic mass is 32.1. The molecule has 2 aromatic heterocycles. The lowest BCUT2D eigenvalue weighted by Gasteiger charge is -2.22. The molecule has 6 heteroatoms. The van der Waals surface area contributed by atoms with Gasteiger partial charge in [-0.25, -0.2) is 8.78 Å². The van der Waals surface area contributed by atoms with Crippen LogP contribution in [0.3, 0.4) is 0 Å². The molecule has 3 rings (SSSR count). The smallest absolute Gasteiger partial charge is 0.260 e. The molecular formula is C17H13F2NO2S. The third-order valence-electron chi connectivity index (χ3n) is 3.34. The standard InChI is InChI=1S/C17H13F2NO2S/c18-14-4-1-5-15(19)16(14)17(21)20(9-12-6-8-23-11-12)10-13-3-2-7-22-13/h1-8,11H,9-10H2. The molecule has 0 saturated heterocycles. The molecule has 0 spiro atoms. The number of carbonyl (C=O) groups excluding carboxylic acids is 1. The second-order valence-electron chi connectivity index (χ2n) is 4.97. The lowest BCUT2D eigenvalue weighted by molar-refractivity contribution is 0.0708. The minimum atomic E-state index is -0.871. The normalized spacial score (nSPS) is 10.7. The number of amides is 1. The third-order valence-corrected chi connectivity index (χ3v) is 4.08. The highest BCUT2D eigenvalue weighted by Gasteiger charge is 2.24. The van der Waals surface area contributed by atoms with Gasteiger partial charge in [-0.15, -0.1) is 0 Å². The van der Waals surface area contributed by atoms with Crippen molar-refractivity contribution >= 4 is 17.2 Å². The summed E-state index contributed by atoms with van der Waals surface area (Å²) in [4.78, 5) is 14.0. The summed E-state index contributed by atoms with van der Waals surface area (Å²) in [7, 11) is 0. The molecule has 0 aliphatic rings. The Kier molecular flexibility index (Phi) is 4.52. The molecule has 0 atom stereocenters. The molecule has 1 amide bonds. The van der Waals surface area contributed by atoms with Crippen LogP contribution in [-0.4, -0.2) is 10.8 Å². The molecule has 118 valence electrons. The SMILES string of the molecule is O=C(c1c(F)cccc1F)N(Cc1ccsc1)Cc1ccco1. The van der Waals surface area contributed by atoms with Crippen LogP contribution in [0.5, 0.6) is 0 Å². The number of carbonyl (C=O) groups is 1. The summed E-state index contributed by atoms with van der Waals surface area (Å²) in [6.45, 7) is 0.381. The molecule has 23 heavy (non-hydrogen) atoms. The molecule has 0 bridgehead atoms. The summed E-state index contributed by atoms with van der Waals surface area (Å²) in [6, 6.07) is 8.66. The van der Waals surface area contributed by atoms with Crippen molar-refractivity contribution in [2.45, 2.75) is 13.1 Å². The average Bonchev–Trinajstić information content (AvgIpc) is 3.20. The second-order valence-corrected chi connectivity index (χ2v) is 5.75. The highest BCUT2D eigenvalue weighted by molar-refractivity contribution is 7.07. The van der Waals surface area contributed by atoms with Gasteiger partial charge in [0.05, 0.1) is 12.8 Å². The summed E-state index contributed by atoms with van der Waals surface area (Å²) >= 11 is 1.49. The molecular weight excluding hydrogens is 320 g/mol. The Morgan fingerprint density at radius 3 is 2.48 bits per heavy atom. The molecule has 0 aliphatic heterocycles. The van der Waals surface area contributed by atoms with Crippen LogP contribution in [0.25, 0.3) is 0 Å². The Morgan fingerprint density at radius 2 is 1.87 bits per heavy atom. The minimum Gasteiger partial charge on any atom is -0.467 e. The van der Waals surface area contributed by atoms with Crippen molar-refractivity contribution in [2.75, 3.05) is 0 Å². The lowest BCUT2D eigenvalue weighted by atomic mass is 10.1. The van der Waals surface area contributed by atoms with Gasteiger partial charge in [-0.2, -0.15) is 11.3 Å². The summed E-state index contributed by atoms with van der Waals surface area (Å²) in [5, 5.41) is 3.77. The van der Waals surface area contributed by atoms with Crippen molar-refractivity contribution in [2.24, 2.45) is 0 Å². The van der Waals surface area contributed by atoms with Crippen LogP contribution in [0.1, 0.15) is 21.7 Å². The fourth-order valence-electron chi connectivity index (χ4n) is 2.25. The monoisotopic (exact) mass is 333 g/mol. The number of halogens is 2. The van der Waals surface area contributed by atoms with Crippen molar-refractivity contribution in [1.29, 1.82) is 0 Å². The van der Waals surface area contributed by atoms with Crippen LogP contribution in [0.2, 0.25) is 0 Å². The number of rotatable bonds is 5. The molecule has 0 saturated carbocycles. The van der Waals surface area contributed by atoms with Gasteiger partial charge in [0.15, 0.2) is 0 Å². The van der Waals surface area contributed by atoms with Crippen LogP contribution in [-0.2, 0) is 13.1 Å². The lowest BCUT2D eigenvalue weighted by Crippen LogP contribution is -2.31. The van der Waals surface area contributed by atoms with Crippen molar-refractivity contribution in [1.82, 2.24) is 4.90 Å². The van der Waals surface area contributed by atoms with E-state index in [0.29, 0.717) is 5.76 Å². The largest absolute Gasteiger partial charge is 0.467 e. The molecule has 2 heterocycles. The first-order chi connectivity index (χ1) is 11.1. The molecule has 3 nitrogen and oxygen atoms in total. The summed E-state index contributed by atoms with van der Waals surface area (Å²) in [6.07, 6.45) is 1.49. The number of nitrogens with zero attached hydrogens (tertiary/aromatic N) is 1. The first-order valence-electron chi connectivity index (χ1n) is 6.92. The minimum absolute atomic E-state index is 0.134. The van der Waals surface area contributed by atoms with Crippen LogP contribution in [0.15, 0.2) is 57.8 Å². The Balaban J connectivity index is 1.91. The van der Waals surface area contributed by atoms with E-state index >= 15 is 0 Å². The zero-order valence-electron chi connectivity index (χ0n) is 12.0. The maximum Gasteiger partial charge on any atom is 0.260 e. The van der Waals surface area contributed by atoms with Crippen LogP contribution in [0.4, 0.5) is 8.78 Å². The number of thiophene rings is 1. The van der Waals surface area contributed by atoms with Gasteiger partial charge in [-0.3, -0.25) is 4.79 Å². The van der Waals surface area contributed by atoms with Crippen molar-refractivity contribution in [3.8, 4) is 0 Å². The van der Waals surface area contributed by atoms with Gasteiger partial charge in [0.2, 0.25) is 0 Å². The molecule has 0 unspecified atom stereocenters. The number of furan rings is 1. The fourth-order valence-corrected chi connectivity index (χ4v) is 2.91.